The average Bonchev–Trinajstić information content (AvgIpc) is 3.04. The van der Waals surface area contributed by atoms with Gasteiger partial charge in [-0.25, -0.2) is 0 Å². The molecule has 1 N–H and O–H groups in total. The lowest BCUT2D eigenvalue weighted by atomic mass is 9.88. The molecule has 1 aromatic carbocycles. The van der Waals surface area contributed by atoms with Gasteiger partial charge in [-0.3, -0.25) is 24.1 Å². The van der Waals surface area contributed by atoms with E-state index in [2.05, 4.69) is 5.32 Å². The normalized spacial score (nSPS) is 20.5. The van der Waals surface area contributed by atoms with E-state index in [0.29, 0.717) is 29.8 Å². The highest BCUT2D eigenvalue weighted by molar-refractivity contribution is 6.22. The molecule has 32 heavy (non-hydrogen) atoms. The third kappa shape index (κ3) is 4.30. The van der Waals surface area contributed by atoms with Crippen LogP contribution in [0.1, 0.15) is 96.8 Å². The topological polar surface area (TPSA) is 86.8 Å². The molecule has 1 saturated carbocycles. The van der Waals surface area contributed by atoms with Crippen LogP contribution >= 0.6 is 0 Å². The lowest BCUT2D eigenvalue weighted by molar-refractivity contribution is -0.126. The number of hydrogen-bond donors (Lipinski definition) is 1. The summed E-state index contributed by atoms with van der Waals surface area (Å²) < 4.78 is 0. The number of rotatable bonds is 3. The molecule has 1 aromatic rings. The van der Waals surface area contributed by atoms with Crippen LogP contribution in [0.2, 0.25) is 0 Å². The van der Waals surface area contributed by atoms with E-state index >= 15 is 0 Å². The van der Waals surface area contributed by atoms with Gasteiger partial charge in [-0.05, 0) is 64.7 Å². The number of imide groups is 1. The molecule has 3 aliphatic rings. The number of piperidine rings is 1. The fraction of sp³-hybridized carbons (Fsp3) is 0.600. The minimum Gasteiger partial charge on any atom is -0.353 e. The van der Waals surface area contributed by atoms with Crippen molar-refractivity contribution in [2.24, 2.45) is 5.92 Å². The summed E-state index contributed by atoms with van der Waals surface area (Å²) in [6.07, 6.45) is 6.90. The zero-order chi connectivity index (χ0) is 23.0. The van der Waals surface area contributed by atoms with Crippen LogP contribution in [0.4, 0.5) is 0 Å². The van der Waals surface area contributed by atoms with Crippen molar-refractivity contribution in [1.82, 2.24) is 15.1 Å². The lowest BCUT2D eigenvalue weighted by Crippen LogP contribution is -2.48. The second-order valence-electron chi connectivity index (χ2n) is 10.3. The minimum atomic E-state index is -0.624. The van der Waals surface area contributed by atoms with Gasteiger partial charge in [0.15, 0.2) is 0 Å². The molecule has 1 saturated heterocycles. The van der Waals surface area contributed by atoms with Crippen molar-refractivity contribution < 1.29 is 19.2 Å². The van der Waals surface area contributed by atoms with Crippen LogP contribution in [0, 0.1) is 5.92 Å². The highest BCUT2D eigenvalue weighted by Gasteiger charge is 2.42. The van der Waals surface area contributed by atoms with Gasteiger partial charge in [0.2, 0.25) is 5.91 Å². The van der Waals surface area contributed by atoms with Crippen molar-refractivity contribution in [2.45, 2.75) is 77.3 Å². The van der Waals surface area contributed by atoms with Crippen LogP contribution in [0.25, 0.3) is 0 Å². The molecule has 0 spiro atoms. The van der Waals surface area contributed by atoms with Gasteiger partial charge >= 0.3 is 0 Å². The van der Waals surface area contributed by atoms with E-state index < -0.39 is 5.54 Å². The minimum absolute atomic E-state index is 0.105. The van der Waals surface area contributed by atoms with Crippen LogP contribution in [0.3, 0.4) is 0 Å². The van der Waals surface area contributed by atoms with Gasteiger partial charge in [0.05, 0.1) is 11.1 Å². The molecule has 172 valence electrons. The molecule has 2 aliphatic heterocycles. The first-order chi connectivity index (χ1) is 15.2. The summed E-state index contributed by atoms with van der Waals surface area (Å²) in [5, 5.41) is 3.19. The molecule has 7 heteroatoms. The van der Waals surface area contributed by atoms with Gasteiger partial charge in [0.1, 0.15) is 0 Å². The zero-order valence-corrected chi connectivity index (χ0v) is 19.3. The van der Waals surface area contributed by atoms with Crippen LogP contribution in [0.15, 0.2) is 18.2 Å². The highest BCUT2D eigenvalue weighted by atomic mass is 16.2. The Kier molecular flexibility index (Phi) is 6.10. The molecule has 2 fully saturated rings. The number of fused-ring (bicyclic) bond motifs is 1. The quantitative estimate of drug-likeness (QED) is 0.732. The Labute approximate surface area is 189 Å². The molecular weight excluding hydrogens is 406 g/mol. The van der Waals surface area contributed by atoms with Gasteiger partial charge in [-0.15, -0.1) is 0 Å². The Balaban J connectivity index is 1.37. The van der Waals surface area contributed by atoms with Crippen molar-refractivity contribution in [3.63, 3.8) is 0 Å². The SMILES string of the molecule is CC(C)(C)N1C(=O)c2ccc(C(=O)N3CCC(NC(=O)C4CCCCC4)CC3)cc2C1=O. The number of likely N-dealkylation sites (tertiary alicyclic amines) is 1. The number of benzene rings is 1. The van der Waals surface area contributed by atoms with Gasteiger partial charge in [0, 0.05) is 36.2 Å². The second-order valence-corrected chi connectivity index (χ2v) is 10.3. The smallest absolute Gasteiger partial charge is 0.262 e. The highest BCUT2D eigenvalue weighted by Crippen LogP contribution is 2.30. The summed E-state index contributed by atoms with van der Waals surface area (Å²) in [7, 11) is 0. The Morgan fingerprint density at radius 2 is 1.53 bits per heavy atom. The molecule has 0 radical (unpaired) electrons. The number of nitrogens with zero attached hydrogens (tertiary/aromatic N) is 2. The number of carbonyl (C=O) groups excluding carboxylic acids is 4. The summed E-state index contributed by atoms with van der Waals surface area (Å²) in [6.45, 7) is 6.58. The Morgan fingerprint density at radius 3 is 2.16 bits per heavy atom. The number of carbonyl (C=O) groups is 4. The van der Waals surface area contributed by atoms with E-state index in [-0.39, 0.29) is 35.6 Å². The van der Waals surface area contributed by atoms with Gasteiger partial charge in [-0.2, -0.15) is 0 Å². The maximum atomic E-state index is 13.1. The van der Waals surface area contributed by atoms with Crippen LogP contribution in [-0.4, -0.2) is 58.1 Å². The van der Waals surface area contributed by atoms with E-state index in [1.807, 2.05) is 20.8 Å². The fourth-order valence-electron chi connectivity index (χ4n) is 5.08. The first-order valence-corrected chi connectivity index (χ1v) is 11.8. The summed E-state index contributed by atoms with van der Waals surface area (Å²) in [5.74, 6) is -0.496. The molecule has 0 atom stereocenters. The average molecular weight is 440 g/mol. The molecule has 4 amide bonds. The van der Waals surface area contributed by atoms with Gasteiger partial charge in [-0.1, -0.05) is 19.3 Å². The molecule has 0 aromatic heterocycles. The molecular formula is C25H33N3O4. The monoisotopic (exact) mass is 439 g/mol. The maximum Gasteiger partial charge on any atom is 0.262 e. The molecule has 0 unspecified atom stereocenters. The summed E-state index contributed by atoms with van der Waals surface area (Å²) in [6, 6.07) is 4.88. The van der Waals surface area contributed by atoms with E-state index in [9.17, 15) is 19.2 Å². The summed E-state index contributed by atoms with van der Waals surface area (Å²) >= 11 is 0. The Bertz CT molecular complexity index is 935. The third-order valence-corrected chi connectivity index (χ3v) is 6.91. The second kappa shape index (κ2) is 8.68. The van der Waals surface area contributed by atoms with Crippen LogP contribution in [-0.2, 0) is 4.79 Å². The van der Waals surface area contributed by atoms with Gasteiger partial charge < -0.3 is 10.2 Å². The molecule has 0 bridgehead atoms. The van der Waals surface area contributed by atoms with Crippen molar-refractivity contribution >= 4 is 23.6 Å². The summed E-state index contributed by atoms with van der Waals surface area (Å²) in [5.41, 5.74) is 0.447. The van der Waals surface area contributed by atoms with Gasteiger partial charge in [0.25, 0.3) is 17.7 Å². The van der Waals surface area contributed by atoms with E-state index in [1.165, 1.54) is 11.3 Å². The Hall–Kier alpha value is -2.70. The zero-order valence-electron chi connectivity index (χ0n) is 19.3. The van der Waals surface area contributed by atoms with E-state index in [0.717, 1.165) is 38.5 Å². The largest absolute Gasteiger partial charge is 0.353 e. The van der Waals surface area contributed by atoms with Crippen molar-refractivity contribution in [2.75, 3.05) is 13.1 Å². The predicted octanol–water partition coefficient (Wildman–Crippen LogP) is 3.38. The number of amides is 4. The predicted molar refractivity (Wildman–Crippen MR) is 120 cm³/mol. The van der Waals surface area contributed by atoms with Crippen molar-refractivity contribution in [1.29, 1.82) is 0 Å². The summed E-state index contributed by atoms with van der Waals surface area (Å²) in [4.78, 5) is 54.1. The first kappa shape index (κ1) is 22.5. The van der Waals surface area contributed by atoms with Crippen LogP contribution < -0.4 is 5.32 Å². The van der Waals surface area contributed by atoms with Crippen LogP contribution in [0.5, 0.6) is 0 Å². The number of nitrogens with one attached hydrogen (secondary N) is 1. The maximum absolute atomic E-state index is 13.1. The van der Waals surface area contributed by atoms with E-state index in [1.54, 1.807) is 23.1 Å². The molecule has 4 rings (SSSR count). The Morgan fingerprint density at radius 1 is 0.906 bits per heavy atom. The third-order valence-electron chi connectivity index (χ3n) is 6.91. The van der Waals surface area contributed by atoms with Crippen molar-refractivity contribution in [3.8, 4) is 0 Å². The number of hydrogen-bond acceptors (Lipinski definition) is 4. The molecule has 2 heterocycles. The van der Waals surface area contributed by atoms with Crippen molar-refractivity contribution in [3.05, 3.63) is 34.9 Å². The lowest BCUT2D eigenvalue weighted by Gasteiger charge is -2.33. The molecule has 1 aliphatic carbocycles. The first-order valence-electron chi connectivity index (χ1n) is 11.8. The van der Waals surface area contributed by atoms with E-state index in [4.69, 9.17) is 0 Å². The standard InChI is InChI=1S/C25H33N3O4/c1-25(2,3)28-23(31)19-10-9-17(15-20(19)24(28)32)22(30)27-13-11-18(12-14-27)26-21(29)16-7-5-4-6-8-16/h9-10,15-16,18H,4-8,11-14H2,1-3H3,(H,26,29). The fourth-order valence-corrected chi connectivity index (χ4v) is 5.08. The molecule has 7 nitrogen and oxygen atoms in total.